The lowest BCUT2D eigenvalue weighted by Gasteiger charge is -2.35. The summed E-state index contributed by atoms with van der Waals surface area (Å²) in [5.74, 6) is 1.60. The number of aromatic nitrogens is 1. The normalized spacial score (nSPS) is 28.1. The first-order chi connectivity index (χ1) is 10.1. The lowest BCUT2D eigenvalue weighted by Crippen LogP contribution is -2.43. The van der Waals surface area contributed by atoms with Crippen molar-refractivity contribution < 1.29 is 0 Å². The van der Waals surface area contributed by atoms with Gasteiger partial charge in [-0.25, -0.2) is 4.98 Å². The number of fused-ring (bicyclic) bond motifs is 1. The van der Waals surface area contributed by atoms with Gasteiger partial charge in [0.05, 0.1) is 5.69 Å². The highest BCUT2D eigenvalue weighted by molar-refractivity contribution is 7.14. The number of nitrogens with one attached hydrogen (secondary N) is 1. The molecule has 2 aliphatic heterocycles. The van der Waals surface area contributed by atoms with Crippen molar-refractivity contribution in [2.45, 2.75) is 25.9 Å². The molecule has 4 heterocycles. The Morgan fingerprint density at radius 1 is 1.38 bits per heavy atom. The summed E-state index contributed by atoms with van der Waals surface area (Å²) < 4.78 is 0. The molecule has 2 aromatic rings. The first kappa shape index (κ1) is 13.9. The van der Waals surface area contributed by atoms with Crippen LogP contribution in [0.5, 0.6) is 0 Å². The van der Waals surface area contributed by atoms with Gasteiger partial charge in [-0.05, 0) is 43.7 Å². The van der Waals surface area contributed by atoms with E-state index >= 15 is 0 Å². The molecule has 1 N–H and O–H groups in total. The number of hydrogen-bond acceptors (Lipinski definition) is 5. The highest BCUT2D eigenvalue weighted by Crippen LogP contribution is 2.41. The quantitative estimate of drug-likeness (QED) is 0.941. The predicted molar refractivity (Wildman–Crippen MR) is 89.8 cm³/mol. The molecule has 112 valence electrons. The summed E-state index contributed by atoms with van der Waals surface area (Å²) in [6.45, 7) is 9.34. The molecular formula is C16H21N3S2. The molecule has 2 unspecified atom stereocenters. The number of thiophene rings is 1. The Hall–Kier alpha value is -0.750. The van der Waals surface area contributed by atoms with Gasteiger partial charge in [-0.1, -0.05) is 0 Å². The maximum Gasteiger partial charge on any atom is 0.124 e. The van der Waals surface area contributed by atoms with E-state index in [9.17, 15) is 0 Å². The van der Waals surface area contributed by atoms with Gasteiger partial charge in [0.25, 0.3) is 0 Å². The second-order valence-corrected chi connectivity index (χ2v) is 8.35. The number of hydrogen-bond donors (Lipinski definition) is 1. The van der Waals surface area contributed by atoms with E-state index in [-0.39, 0.29) is 5.54 Å². The fraction of sp³-hybridized carbons (Fsp3) is 0.562. The van der Waals surface area contributed by atoms with Crippen LogP contribution in [0.2, 0.25) is 0 Å². The van der Waals surface area contributed by atoms with Crippen LogP contribution in [0.25, 0.3) is 10.6 Å². The molecule has 2 saturated heterocycles. The Balaban J connectivity index is 1.52. The van der Waals surface area contributed by atoms with Crippen LogP contribution >= 0.6 is 22.7 Å². The van der Waals surface area contributed by atoms with Crippen molar-refractivity contribution in [3.63, 3.8) is 0 Å². The van der Waals surface area contributed by atoms with Crippen LogP contribution in [0, 0.1) is 11.8 Å². The van der Waals surface area contributed by atoms with E-state index in [0.29, 0.717) is 0 Å². The van der Waals surface area contributed by atoms with Crippen molar-refractivity contribution in [2.75, 3.05) is 19.6 Å². The molecule has 0 spiro atoms. The van der Waals surface area contributed by atoms with Crippen molar-refractivity contribution >= 4 is 22.7 Å². The second kappa shape index (κ2) is 5.16. The molecule has 0 aromatic carbocycles. The monoisotopic (exact) mass is 319 g/mol. The Kier molecular flexibility index (Phi) is 3.41. The van der Waals surface area contributed by atoms with Crippen LogP contribution in [0.15, 0.2) is 22.2 Å². The molecule has 21 heavy (non-hydrogen) atoms. The van der Waals surface area contributed by atoms with Crippen molar-refractivity contribution in [1.29, 1.82) is 0 Å². The Labute approximate surface area is 134 Å². The molecule has 5 heteroatoms. The smallest absolute Gasteiger partial charge is 0.124 e. The van der Waals surface area contributed by atoms with Gasteiger partial charge in [-0.15, -0.1) is 11.3 Å². The molecule has 3 nitrogen and oxygen atoms in total. The van der Waals surface area contributed by atoms with Crippen LogP contribution in [0.1, 0.15) is 19.5 Å². The summed E-state index contributed by atoms with van der Waals surface area (Å²) >= 11 is 3.51. The first-order valence-corrected chi connectivity index (χ1v) is 9.39. The molecule has 0 bridgehead atoms. The summed E-state index contributed by atoms with van der Waals surface area (Å²) in [6.07, 6.45) is 0. The van der Waals surface area contributed by atoms with E-state index in [0.717, 1.165) is 23.4 Å². The molecule has 2 aromatic heterocycles. The fourth-order valence-electron chi connectivity index (χ4n) is 3.87. The van der Waals surface area contributed by atoms with E-state index in [1.165, 1.54) is 30.9 Å². The van der Waals surface area contributed by atoms with Crippen molar-refractivity contribution in [2.24, 2.45) is 11.8 Å². The molecule has 2 fully saturated rings. The Bertz CT molecular complexity index is 617. The standard InChI is InChI=1S/C16H21N3S2/c1-16(2)14-6-17-5-12(14)7-19(16)8-13-10-21-15(18-13)11-3-4-20-9-11/h3-4,9-10,12,14,17H,5-8H2,1-2H3. The van der Waals surface area contributed by atoms with E-state index < -0.39 is 0 Å². The number of rotatable bonds is 3. The fourth-order valence-corrected chi connectivity index (χ4v) is 5.39. The molecular weight excluding hydrogens is 298 g/mol. The third-order valence-corrected chi connectivity index (χ3v) is 6.81. The second-order valence-electron chi connectivity index (χ2n) is 6.72. The molecule has 0 aliphatic carbocycles. The highest BCUT2D eigenvalue weighted by atomic mass is 32.1. The maximum absolute atomic E-state index is 4.84. The largest absolute Gasteiger partial charge is 0.316 e. The highest BCUT2D eigenvalue weighted by Gasteiger charge is 2.49. The average molecular weight is 319 g/mol. The molecule has 0 amide bonds. The van der Waals surface area contributed by atoms with Crippen LogP contribution in [-0.2, 0) is 6.54 Å². The van der Waals surface area contributed by atoms with Gasteiger partial charge < -0.3 is 5.32 Å². The minimum absolute atomic E-state index is 0.278. The minimum atomic E-state index is 0.278. The summed E-state index contributed by atoms with van der Waals surface area (Å²) in [6, 6.07) is 2.16. The molecule has 4 rings (SSSR count). The van der Waals surface area contributed by atoms with E-state index in [1.807, 2.05) is 0 Å². The summed E-state index contributed by atoms with van der Waals surface area (Å²) in [7, 11) is 0. The van der Waals surface area contributed by atoms with Gasteiger partial charge in [-0.2, -0.15) is 11.3 Å². The van der Waals surface area contributed by atoms with Gasteiger partial charge in [0.15, 0.2) is 0 Å². The van der Waals surface area contributed by atoms with E-state index in [2.05, 4.69) is 46.3 Å². The molecule has 0 radical (unpaired) electrons. The topological polar surface area (TPSA) is 28.2 Å². The number of thiazole rings is 1. The van der Waals surface area contributed by atoms with Crippen molar-refractivity contribution in [3.05, 3.63) is 27.9 Å². The third kappa shape index (κ3) is 2.36. The summed E-state index contributed by atoms with van der Waals surface area (Å²) in [4.78, 5) is 7.48. The average Bonchev–Trinajstić information content (AvgIpc) is 3.20. The Morgan fingerprint density at radius 2 is 2.29 bits per heavy atom. The number of likely N-dealkylation sites (tertiary alicyclic amines) is 1. The van der Waals surface area contributed by atoms with Crippen molar-refractivity contribution in [3.8, 4) is 10.6 Å². The van der Waals surface area contributed by atoms with Gasteiger partial charge >= 0.3 is 0 Å². The maximum atomic E-state index is 4.84. The van der Waals surface area contributed by atoms with Crippen LogP contribution in [0.4, 0.5) is 0 Å². The summed E-state index contributed by atoms with van der Waals surface area (Å²) in [5.41, 5.74) is 2.76. The van der Waals surface area contributed by atoms with Gasteiger partial charge in [-0.3, -0.25) is 4.90 Å². The first-order valence-electron chi connectivity index (χ1n) is 7.57. The molecule has 2 aliphatic rings. The third-order valence-electron chi connectivity index (χ3n) is 5.19. The summed E-state index contributed by atoms with van der Waals surface area (Å²) in [5, 5.41) is 11.2. The molecule has 0 saturated carbocycles. The predicted octanol–water partition coefficient (Wildman–Crippen LogP) is 3.30. The van der Waals surface area contributed by atoms with E-state index in [4.69, 9.17) is 4.98 Å². The van der Waals surface area contributed by atoms with Gasteiger partial charge in [0.1, 0.15) is 5.01 Å². The lowest BCUT2D eigenvalue weighted by molar-refractivity contribution is 0.130. The lowest BCUT2D eigenvalue weighted by atomic mass is 9.85. The Morgan fingerprint density at radius 3 is 3.05 bits per heavy atom. The zero-order valence-corrected chi connectivity index (χ0v) is 14.1. The van der Waals surface area contributed by atoms with Crippen molar-refractivity contribution in [1.82, 2.24) is 15.2 Å². The van der Waals surface area contributed by atoms with Gasteiger partial charge in [0.2, 0.25) is 0 Å². The number of nitrogens with zero attached hydrogens (tertiary/aromatic N) is 2. The zero-order chi connectivity index (χ0) is 14.4. The van der Waals surface area contributed by atoms with Crippen LogP contribution in [0.3, 0.4) is 0 Å². The van der Waals surface area contributed by atoms with E-state index in [1.54, 1.807) is 22.7 Å². The van der Waals surface area contributed by atoms with Gasteiger partial charge in [0, 0.05) is 41.5 Å². The minimum Gasteiger partial charge on any atom is -0.316 e. The van der Waals surface area contributed by atoms with Crippen LogP contribution < -0.4 is 5.32 Å². The zero-order valence-electron chi connectivity index (χ0n) is 12.5. The van der Waals surface area contributed by atoms with Crippen LogP contribution in [-0.4, -0.2) is 35.1 Å². The SMILES string of the molecule is CC1(C)C2CNCC2CN1Cc1csc(-c2ccsc2)n1. The molecule has 2 atom stereocenters.